The van der Waals surface area contributed by atoms with Gasteiger partial charge in [0, 0.05) is 16.8 Å². The summed E-state index contributed by atoms with van der Waals surface area (Å²) >= 11 is 5.92. The molecule has 0 spiro atoms. The number of benzene rings is 4. The van der Waals surface area contributed by atoms with Crippen molar-refractivity contribution in [1.82, 2.24) is 9.97 Å². The molecule has 216 valence electrons. The Hall–Kier alpha value is -5.08. The monoisotopic (exact) mass is 593 g/mol. The standard InChI is InChI=1S/C34H28ClN3O5/c1-4-29(32(39)36-24-14-15-26(35)25(18-24)33(40)41)43-34(42)23-13-16-27-28(17-23)38-31(22-11-7-20(3)8-12-22)30(37-27)21-9-5-19(2)6-10-21/h5-18,29H,4H2,1-3H3,(H,36,39)(H,40,41). The van der Waals surface area contributed by atoms with Gasteiger partial charge in [-0.3, -0.25) is 4.79 Å². The Balaban J connectivity index is 1.43. The van der Waals surface area contributed by atoms with E-state index >= 15 is 0 Å². The average Bonchev–Trinajstić information content (AvgIpc) is 3.00. The van der Waals surface area contributed by atoms with Crippen molar-refractivity contribution >= 4 is 46.2 Å². The van der Waals surface area contributed by atoms with Crippen LogP contribution in [0.1, 0.15) is 45.2 Å². The minimum absolute atomic E-state index is 0.0416. The molecule has 0 radical (unpaired) electrons. The van der Waals surface area contributed by atoms with Gasteiger partial charge in [0.2, 0.25) is 0 Å². The van der Waals surface area contributed by atoms with Crippen LogP contribution in [0.15, 0.2) is 84.9 Å². The van der Waals surface area contributed by atoms with E-state index in [2.05, 4.69) is 5.32 Å². The number of rotatable bonds is 8. The number of fused-ring (bicyclic) bond motifs is 1. The SMILES string of the molecule is CCC(OC(=O)c1ccc2nc(-c3ccc(C)cc3)c(-c3ccc(C)cc3)nc2c1)C(=O)Nc1ccc(Cl)c(C(=O)O)c1. The zero-order valence-electron chi connectivity index (χ0n) is 23.7. The molecular weight excluding hydrogens is 566 g/mol. The van der Waals surface area contributed by atoms with E-state index in [1.807, 2.05) is 62.4 Å². The zero-order valence-corrected chi connectivity index (χ0v) is 24.5. The van der Waals surface area contributed by atoms with Crippen LogP contribution in [0.4, 0.5) is 5.69 Å². The second kappa shape index (κ2) is 12.4. The molecule has 1 aromatic heterocycles. The fourth-order valence-corrected chi connectivity index (χ4v) is 4.71. The molecule has 1 amide bonds. The predicted molar refractivity (Wildman–Crippen MR) is 166 cm³/mol. The van der Waals surface area contributed by atoms with Crippen LogP contribution in [0.5, 0.6) is 0 Å². The third kappa shape index (κ3) is 6.55. The maximum absolute atomic E-state index is 13.2. The molecule has 0 bridgehead atoms. The number of carbonyl (C=O) groups is 3. The van der Waals surface area contributed by atoms with Gasteiger partial charge in [-0.25, -0.2) is 19.6 Å². The first-order chi connectivity index (χ1) is 20.6. The first-order valence-corrected chi connectivity index (χ1v) is 14.0. The highest BCUT2D eigenvalue weighted by Gasteiger charge is 2.24. The molecule has 8 nitrogen and oxygen atoms in total. The van der Waals surface area contributed by atoms with Gasteiger partial charge in [0.15, 0.2) is 6.10 Å². The van der Waals surface area contributed by atoms with Crippen molar-refractivity contribution in [2.24, 2.45) is 0 Å². The Morgan fingerprint density at radius 2 is 1.40 bits per heavy atom. The highest BCUT2D eigenvalue weighted by atomic mass is 35.5. The summed E-state index contributed by atoms with van der Waals surface area (Å²) in [7, 11) is 0. The smallest absolute Gasteiger partial charge is 0.338 e. The number of nitrogens with zero attached hydrogens (tertiary/aromatic N) is 2. The van der Waals surface area contributed by atoms with Crippen molar-refractivity contribution in [3.63, 3.8) is 0 Å². The Morgan fingerprint density at radius 1 is 0.814 bits per heavy atom. The van der Waals surface area contributed by atoms with Crippen molar-refractivity contribution in [2.75, 3.05) is 5.32 Å². The number of hydrogen-bond donors (Lipinski definition) is 2. The molecule has 0 aliphatic rings. The van der Waals surface area contributed by atoms with Crippen LogP contribution < -0.4 is 5.32 Å². The summed E-state index contributed by atoms with van der Waals surface area (Å²) in [6.45, 7) is 5.74. The quantitative estimate of drug-likeness (QED) is 0.179. The number of carbonyl (C=O) groups excluding carboxylic acids is 2. The number of amides is 1. The van der Waals surface area contributed by atoms with Gasteiger partial charge in [0.1, 0.15) is 0 Å². The summed E-state index contributed by atoms with van der Waals surface area (Å²) in [6.07, 6.45) is -0.924. The van der Waals surface area contributed by atoms with Gasteiger partial charge in [-0.05, 0) is 56.7 Å². The van der Waals surface area contributed by atoms with Gasteiger partial charge in [0.05, 0.1) is 38.6 Å². The van der Waals surface area contributed by atoms with Crippen molar-refractivity contribution in [3.8, 4) is 22.5 Å². The lowest BCUT2D eigenvalue weighted by Gasteiger charge is -2.17. The first kappa shape index (κ1) is 29.4. The number of halogens is 1. The van der Waals surface area contributed by atoms with Crippen LogP contribution in [0.2, 0.25) is 5.02 Å². The lowest BCUT2D eigenvalue weighted by atomic mass is 10.0. The number of ether oxygens (including phenoxy) is 1. The normalized spacial score (nSPS) is 11.6. The number of aromatic carboxylic acids is 1. The van der Waals surface area contributed by atoms with Crippen LogP contribution >= 0.6 is 11.6 Å². The van der Waals surface area contributed by atoms with Crippen LogP contribution in [-0.2, 0) is 9.53 Å². The van der Waals surface area contributed by atoms with E-state index in [1.165, 1.54) is 18.2 Å². The summed E-state index contributed by atoms with van der Waals surface area (Å²) in [5.74, 6) is -2.53. The molecule has 0 aliphatic carbocycles. The predicted octanol–water partition coefficient (Wildman–Crippen LogP) is 7.51. The van der Waals surface area contributed by atoms with Crippen LogP contribution in [0.3, 0.4) is 0 Å². The van der Waals surface area contributed by atoms with Gasteiger partial charge in [-0.2, -0.15) is 0 Å². The number of carboxylic acids is 1. The van der Waals surface area contributed by atoms with E-state index in [0.717, 1.165) is 27.9 Å². The Kier molecular flexibility index (Phi) is 8.50. The molecule has 1 unspecified atom stereocenters. The van der Waals surface area contributed by atoms with Crippen molar-refractivity contribution in [2.45, 2.75) is 33.3 Å². The van der Waals surface area contributed by atoms with E-state index in [1.54, 1.807) is 25.1 Å². The van der Waals surface area contributed by atoms with E-state index in [4.69, 9.17) is 26.3 Å². The zero-order chi connectivity index (χ0) is 30.7. The van der Waals surface area contributed by atoms with E-state index in [0.29, 0.717) is 16.7 Å². The van der Waals surface area contributed by atoms with Gasteiger partial charge in [-0.1, -0.05) is 78.2 Å². The summed E-state index contributed by atoms with van der Waals surface area (Å²) in [5.41, 5.74) is 6.84. The fraction of sp³-hybridized carbons (Fsp3) is 0.147. The molecule has 1 heterocycles. The van der Waals surface area contributed by atoms with Gasteiger partial charge in [0.25, 0.3) is 5.91 Å². The number of aryl methyl sites for hydroxylation is 2. The summed E-state index contributed by atoms with van der Waals surface area (Å²) in [5, 5.41) is 11.9. The molecule has 43 heavy (non-hydrogen) atoms. The third-order valence-electron chi connectivity index (χ3n) is 6.93. The molecule has 4 aromatic carbocycles. The maximum Gasteiger partial charge on any atom is 0.338 e. The Labute approximate surface area is 253 Å². The van der Waals surface area contributed by atoms with Gasteiger partial charge in [-0.15, -0.1) is 0 Å². The number of esters is 1. The second-order valence-electron chi connectivity index (χ2n) is 10.1. The fourth-order valence-electron chi connectivity index (χ4n) is 4.52. The van der Waals surface area contributed by atoms with Crippen molar-refractivity contribution in [1.29, 1.82) is 0 Å². The molecule has 5 rings (SSSR count). The van der Waals surface area contributed by atoms with Crippen molar-refractivity contribution in [3.05, 3.63) is 112 Å². The minimum atomic E-state index is -1.23. The molecule has 9 heteroatoms. The summed E-state index contributed by atoms with van der Waals surface area (Å²) in [4.78, 5) is 47.3. The number of aromatic nitrogens is 2. The summed E-state index contributed by atoms with van der Waals surface area (Å²) < 4.78 is 5.56. The molecule has 0 fully saturated rings. The van der Waals surface area contributed by atoms with Gasteiger partial charge < -0.3 is 15.2 Å². The molecule has 2 N–H and O–H groups in total. The molecule has 5 aromatic rings. The maximum atomic E-state index is 13.2. The van der Waals surface area contributed by atoms with E-state index in [9.17, 15) is 19.5 Å². The highest BCUT2D eigenvalue weighted by Crippen LogP contribution is 2.32. The average molecular weight is 594 g/mol. The molecule has 0 saturated carbocycles. The van der Waals surface area contributed by atoms with Crippen LogP contribution in [0.25, 0.3) is 33.5 Å². The Bertz CT molecular complexity index is 1850. The summed E-state index contributed by atoms with van der Waals surface area (Å²) in [6, 6.07) is 25.1. The largest absolute Gasteiger partial charge is 0.478 e. The molecular formula is C34H28ClN3O5. The Morgan fingerprint density at radius 3 is 1.95 bits per heavy atom. The van der Waals surface area contributed by atoms with Gasteiger partial charge >= 0.3 is 11.9 Å². The lowest BCUT2D eigenvalue weighted by molar-refractivity contribution is -0.124. The second-order valence-corrected chi connectivity index (χ2v) is 10.6. The number of anilines is 1. The third-order valence-corrected chi connectivity index (χ3v) is 7.26. The van der Waals surface area contributed by atoms with Crippen molar-refractivity contribution < 1.29 is 24.2 Å². The lowest BCUT2D eigenvalue weighted by Crippen LogP contribution is -2.32. The van der Waals surface area contributed by atoms with Crippen LogP contribution in [-0.4, -0.2) is 39.0 Å². The molecule has 1 atom stereocenters. The van der Waals surface area contributed by atoms with Crippen LogP contribution in [0, 0.1) is 13.8 Å². The molecule has 0 saturated heterocycles. The first-order valence-electron chi connectivity index (χ1n) is 13.6. The highest BCUT2D eigenvalue weighted by molar-refractivity contribution is 6.33. The number of carboxylic acid groups (broad SMARTS) is 1. The van der Waals surface area contributed by atoms with E-state index < -0.39 is 23.9 Å². The molecule has 0 aliphatic heterocycles. The topological polar surface area (TPSA) is 118 Å². The number of nitrogens with one attached hydrogen (secondary N) is 1. The van der Waals surface area contributed by atoms with E-state index in [-0.39, 0.29) is 28.3 Å². The minimum Gasteiger partial charge on any atom is -0.478 e. The number of hydrogen-bond acceptors (Lipinski definition) is 6.